The highest BCUT2D eigenvalue weighted by atomic mass is 28.4. The molecule has 7 atom stereocenters. The van der Waals surface area contributed by atoms with Gasteiger partial charge in [0.05, 0.1) is 0 Å². The molecular weight excluding hydrogens is 316 g/mol. The third-order valence-electron chi connectivity index (χ3n) is 6.34. The van der Waals surface area contributed by atoms with E-state index in [-0.39, 0.29) is 23.4 Å². The molecule has 23 heavy (non-hydrogen) atoms. The minimum absolute atomic E-state index is 0.0762. The molecule has 0 unspecified atom stereocenters. The minimum atomic E-state index is -2.03. The summed E-state index contributed by atoms with van der Waals surface area (Å²) in [5.74, 6) is 0. The molecule has 132 valence electrons. The van der Waals surface area contributed by atoms with E-state index in [1.54, 1.807) is 0 Å². The molecule has 4 bridgehead atoms. The first-order valence-corrected chi connectivity index (χ1v) is 11.5. The molecule has 0 amide bonds. The summed E-state index contributed by atoms with van der Waals surface area (Å²) in [6.45, 7) is 11.0. The van der Waals surface area contributed by atoms with Gasteiger partial charge in [0.15, 0.2) is 8.32 Å². The smallest absolute Gasteiger partial charge is 0.273 e. The highest BCUT2D eigenvalue weighted by Gasteiger charge is 2.71. The largest absolute Gasteiger partial charge is 0.408 e. The summed E-state index contributed by atoms with van der Waals surface area (Å²) < 4.78 is 30.2. The summed E-state index contributed by atoms with van der Waals surface area (Å²) in [6, 6.07) is 0. The van der Waals surface area contributed by atoms with Gasteiger partial charge < -0.3 is 28.5 Å². The van der Waals surface area contributed by atoms with Crippen LogP contribution >= 0.6 is 0 Å². The Morgan fingerprint density at radius 1 is 1.13 bits per heavy atom. The van der Waals surface area contributed by atoms with Gasteiger partial charge in [0.1, 0.15) is 36.1 Å². The summed E-state index contributed by atoms with van der Waals surface area (Å²) in [5.41, 5.74) is -0.594. The zero-order valence-corrected chi connectivity index (χ0v) is 15.6. The van der Waals surface area contributed by atoms with Gasteiger partial charge in [0.25, 0.3) is 6.48 Å². The zero-order valence-electron chi connectivity index (χ0n) is 14.6. The lowest BCUT2D eigenvalue weighted by atomic mass is 9.72. The fraction of sp³-hybridized carbons (Fsp3) is 1.00. The molecule has 1 saturated carbocycles. The van der Waals surface area contributed by atoms with Gasteiger partial charge in [-0.2, -0.15) is 0 Å². The number of hydrogen-bond donors (Lipinski definition) is 1. The molecule has 7 heteroatoms. The molecule has 1 aliphatic carbocycles. The van der Waals surface area contributed by atoms with E-state index >= 15 is 0 Å². The molecule has 0 aromatic rings. The third kappa shape index (κ3) is 2.21. The summed E-state index contributed by atoms with van der Waals surface area (Å²) in [7, 11) is -2.03. The Bertz CT molecular complexity index is 483. The van der Waals surface area contributed by atoms with Crippen molar-refractivity contribution in [2.75, 3.05) is 6.61 Å². The fourth-order valence-corrected chi connectivity index (χ4v) is 5.35. The maximum Gasteiger partial charge on any atom is 0.273 e. The second kappa shape index (κ2) is 5.00. The van der Waals surface area contributed by atoms with Crippen LogP contribution in [0.5, 0.6) is 0 Å². The van der Waals surface area contributed by atoms with E-state index in [0.29, 0.717) is 6.61 Å². The van der Waals surface area contributed by atoms with Crippen LogP contribution in [-0.2, 0) is 23.4 Å². The molecule has 0 aromatic carbocycles. The predicted octanol–water partition coefficient (Wildman–Crippen LogP) is 1.77. The van der Waals surface area contributed by atoms with Gasteiger partial charge >= 0.3 is 0 Å². The van der Waals surface area contributed by atoms with E-state index in [1.807, 2.05) is 0 Å². The van der Waals surface area contributed by atoms with Gasteiger partial charge in [-0.15, -0.1) is 0 Å². The Hall–Kier alpha value is -0.0231. The Kier molecular flexibility index (Phi) is 3.58. The van der Waals surface area contributed by atoms with E-state index in [0.717, 1.165) is 12.8 Å². The van der Waals surface area contributed by atoms with Crippen LogP contribution in [0.1, 0.15) is 33.6 Å². The van der Waals surface area contributed by atoms with Crippen molar-refractivity contribution in [1.82, 2.24) is 0 Å². The molecular formula is C16H28O6Si. The Balaban J connectivity index is 1.67. The highest BCUT2D eigenvalue weighted by Crippen LogP contribution is 2.53. The summed E-state index contributed by atoms with van der Waals surface area (Å²) >= 11 is 0. The van der Waals surface area contributed by atoms with Crippen LogP contribution in [0.15, 0.2) is 0 Å². The monoisotopic (exact) mass is 344 g/mol. The maximum atomic E-state index is 10.8. The van der Waals surface area contributed by atoms with Crippen molar-refractivity contribution >= 4 is 8.32 Å². The van der Waals surface area contributed by atoms with E-state index in [4.69, 9.17) is 23.4 Å². The summed E-state index contributed by atoms with van der Waals surface area (Å²) in [4.78, 5) is 0. The molecule has 4 saturated heterocycles. The lowest BCUT2D eigenvalue weighted by Crippen LogP contribution is -2.81. The van der Waals surface area contributed by atoms with Crippen LogP contribution in [-0.4, -0.2) is 62.6 Å². The van der Waals surface area contributed by atoms with Gasteiger partial charge in [-0.3, -0.25) is 0 Å². The number of rotatable bonds is 2. The van der Waals surface area contributed by atoms with Crippen LogP contribution in [0.4, 0.5) is 0 Å². The topological polar surface area (TPSA) is 66.4 Å². The number of hydrogen-bond acceptors (Lipinski definition) is 6. The van der Waals surface area contributed by atoms with Crippen LogP contribution in [0.3, 0.4) is 0 Å². The lowest BCUT2D eigenvalue weighted by molar-refractivity contribution is -0.498. The van der Waals surface area contributed by atoms with Gasteiger partial charge in [-0.1, -0.05) is 20.8 Å². The first-order valence-electron chi connectivity index (χ1n) is 8.62. The normalized spacial score (nSPS) is 49.3. The van der Waals surface area contributed by atoms with Crippen LogP contribution in [0, 0.1) is 0 Å². The van der Waals surface area contributed by atoms with Crippen molar-refractivity contribution in [2.24, 2.45) is 0 Å². The first-order chi connectivity index (χ1) is 10.7. The number of ether oxygens (including phenoxy) is 4. The quantitative estimate of drug-likeness (QED) is 0.770. The Labute approximate surface area is 138 Å². The summed E-state index contributed by atoms with van der Waals surface area (Å²) in [6.07, 6.45) is -0.274. The van der Waals surface area contributed by atoms with Crippen molar-refractivity contribution in [3.63, 3.8) is 0 Å². The number of aliphatic hydroxyl groups excluding tert-OH is 1. The van der Waals surface area contributed by atoms with Crippen molar-refractivity contribution < 1.29 is 28.5 Å². The second-order valence-electron chi connectivity index (χ2n) is 8.74. The van der Waals surface area contributed by atoms with Crippen molar-refractivity contribution in [2.45, 2.75) is 94.3 Å². The molecule has 5 aliphatic rings. The van der Waals surface area contributed by atoms with Crippen LogP contribution in [0.2, 0.25) is 18.1 Å². The average molecular weight is 344 g/mol. The second-order valence-corrected chi connectivity index (χ2v) is 13.5. The van der Waals surface area contributed by atoms with E-state index in [1.165, 1.54) is 0 Å². The Morgan fingerprint density at radius 3 is 2.43 bits per heavy atom. The van der Waals surface area contributed by atoms with Crippen LogP contribution < -0.4 is 0 Å². The molecule has 6 nitrogen and oxygen atoms in total. The van der Waals surface area contributed by atoms with E-state index in [2.05, 4.69) is 33.9 Å². The standard InChI is InChI=1S/C16H28O6Si/c1-15(2,3)23(4,5)22-11-10-9(17)12-16(7-6-8-18-16)13(11)21-14(19-10)20-12/h9-14,17H,6-8H2,1-5H3/t9-,10-,11+,12-,13-,14-,16+/m0/s1. The molecule has 1 spiro atoms. The number of aliphatic hydroxyl groups is 1. The summed E-state index contributed by atoms with van der Waals surface area (Å²) in [5, 5.41) is 10.8. The van der Waals surface area contributed by atoms with Gasteiger partial charge in [-0.05, 0) is 31.0 Å². The molecule has 4 heterocycles. The van der Waals surface area contributed by atoms with E-state index in [9.17, 15) is 5.11 Å². The Morgan fingerprint density at radius 2 is 1.83 bits per heavy atom. The van der Waals surface area contributed by atoms with Crippen molar-refractivity contribution in [3.8, 4) is 0 Å². The molecule has 1 N–H and O–H groups in total. The third-order valence-corrected chi connectivity index (χ3v) is 10.8. The average Bonchev–Trinajstić information content (AvgIpc) is 2.92. The first kappa shape index (κ1) is 16.4. The van der Waals surface area contributed by atoms with Crippen molar-refractivity contribution in [3.05, 3.63) is 0 Å². The van der Waals surface area contributed by atoms with Gasteiger partial charge in [-0.25, -0.2) is 0 Å². The molecule has 5 rings (SSSR count). The van der Waals surface area contributed by atoms with Crippen molar-refractivity contribution in [1.29, 1.82) is 0 Å². The zero-order chi connectivity index (χ0) is 16.6. The molecule has 4 aliphatic heterocycles. The molecule has 0 aromatic heterocycles. The van der Waals surface area contributed by atoms with E-state index < -0.39 is 32.6 Å². The SMILES string of the molecule is CC(C)(C)[Si](C)(C)O[C@@H]1[C@H]2O[C@H]3O[C@@H]([C@H]2O)[C@]2(CCCO2)[C@H]1O3. The van der Waals surface area contributed by atoms with Gasteiger partial charge in [0.2, 0.25) is 0 Å². The minimum Gasteiger partial charge on any atom is -0.408 e. The lowest BCUT2D eigenvalue weighted by Gasteiger charge is -2.63. The van der Waals surface area contributed by atoms with Gasteiger partial charge in [0, 0.05) is 6.61 Å². The van der Waals surface area contributed by atoms with Crippen LogP contribution in [0.25, 0.3) is 0 Å². The predicted molar refractivity (Wildman–Crippen MR) is 84.4 cm³/mol. The fourth-order valence-electron chi connectivity index (χ4n) is 4.06. The molecule has 0 radical (unpaired) electrons. The highest BCUT2D eigenvalue weighted by molar-refractivity contribution is 6.74. The molecule has 5 fully saturated rings. The maximum absolute atomic E-state index is 10.8.